The lowest BCUT2D eigenvalue weighted by Gasteiger charge is -2.36. The Morgan fingerprint density at radius 1 is 1.36 bits per heavy atom. The maximum Gasteiger partial charge on any atom is 0.262 e. The normalized spacial score (nSPS) is 22.0. The number of para-hydroxylation sites is 2. The summed E-state index contributed by atoms with van der Waals surface area (Å²) in [6.07, 6.45) is 2.67. The molecule has 25 heavy (non-hydrogen) atoms. The largest absolute Gasteiger partial charge is 0.477 e. The number of amides is 1. The van der Waals surface area contributed by atoms with Crippen molar-refractivity contribution in [3.8, 4) is 5.75 Å². The molecule has 7 heteroatoms. The van der Waals surface area contributed by atoms with Crippen molar-refractivity contribution >= 4 is 28.9 Å². The Bertz CT molecular complexity index is 619. The molecule has 0 unspecified atom stereocenters. The standard InChI is InChI=1S/C18H25N3O3S/c1-2-9-19-17(22)16-12-21(14-7-3-4-8-15(14)24-16)18(25)20-11-13-6-5-10-23-13/h3-4,7-8,13,16H,2,5-6,9-12H2,1H3,(H,19,22)(H,20,25)/t13-,16+/m1/s1. The van der Waals surface area contributed by atoms with Crippen LogP contribution in [0, 0.1) is 0 Å². The molecule has 1 aromatic carbocycles. The van der Waals surface area contributed by atoms with E-state index in [-0.39, 0.29) is 12.0 Å². The highest BCUT2D eigenvalue weighted by atomic mass is 32.1. The maximum absolute atomic E-state index is 12.4. The van der Waals surface area contributed by atoms with E-state index < -0.39 is 6.10 Å². The van der Waals surface area contributed by atoms with Crippen LogP contribution < -0.4 is 20.3 Å². The minimum Gasteiger partial charge on any atom is -0.477 e. The van der Waals surface area contributed by atoms with Gasteiger partial charge in [0.05, 0.1) is 18.3 Å². The van der Waals surface area contributed by atoms with Crippen molar-refractivity contribution < 1.29 is 14.3 Å². The van der Waals surface area contributed by atoms with Crippen LogP contribution in [0.15, 0.2) is 24.3 Å². The Kier molecular flexibility index (Phi) is 6.09. The lowest BCUT2D eigenvalue weighted by atomic mass is 10.2. The Balaban J connectivity index is 1.69. The third-order valence-electron chi connectivity index (χ3n) is 4.37. The maximum atomic E-state index is 12.4. The molecule has 0 spiro atoms. The third-order valence-corrected chi connectivity index (χ3v) is 4.73. The summed E-state index contributed by atoms with van der Waals surface area (Å²) >= 11 is 5.58. The molecule has 136 valence electrons. The molecule has 2 aliphatic rings. The van der Waals surface area contributed by atoms with Gasteiger partial charge in [0.25, 0.3) is 5.91 Å². The van der Waals surface area contributed by atoms with Gasteiger partial charge < -0.3 is 25.0 Å². The van der Waals surface area contributed by atoms with Crippen LogP contribution in [0.1, 0.15) is 26.2 Å². The van der Waals surface area contributed by atoms with Gasteiger partial charge in [-0.15, -0.1) is 0 Å². The number of hydrogen-bond donors (Lipinski definition) is 2. The quantitative estimate of drug-likeness (QED) is 0.779. The predicted molar refractivity (Wildman–Crippen MR) is 101 cm³/mol. The average Bonchev–Trinajstić information content (AvgIpc) is 3.16. The number of benzene rings is 1. The number of fused-ring (bicyclic) bond motifs is 1. The molecule has 0 saturated carbocycles. The average molecular weight is 363 g/mol. The summed E-state index contributed by atoms with van der Waals surface area (Å²) in [5.41, 5.74) is 0.881. The number of rotatable bonds is 5. The smallest absolute Gasteiger partial charge is 0.262 e. The molecule has 0 aromatic heterocycles. The highest BCUT2D eigenvalue weighted by Crippen LogP contribution is 2.33. The highest BCUT2D eigenvalue weighted by Gasteiger charge is 2.32. The van der Waals surface area contributed by atoms with E-state index in [4.69, 9.17) is 21.7 Å². The predicted octanol–water partition coefficient (Wildman–Crippen LogP) is 1.83. The summed E-state index contributed by atoms with van der Waals surface area (Å²) < 4.78 is 11.5. The number of hydrogen-bond acceptors (Lipinski definition) is 4. The molecule has 1 saturated heterocycles. The molecule has 1 fully saturated rings. The van der Waals surface area contributed by atoms with E-state index >= 15 is 0 Å². The van der Waals surface area contributed by atoms with Gasteiger partial charge in [0.2, 0.25) is 0 Å². The third kappa shape index (κ3) is 4.41. The fourth-order valence-corrected chi connectivity index (χ4v) is 3.28. The van der Waals surface area contributed by atoms with Crippen LogP contribution in [-0.2, 0) is 9.53 Å². The summed E-state index contributed by atoms with van der Waals surface area (Å²) in [7, 11) is 0. The van der Waals surface area contributed by atoms with E-state index in [1.165, 1.54) is 0 Å². The van der Waals surface area contributed by atoms with Gasteiger partial charge >= 0.3 is 0 Å². The molecular weight excluding hydrogens is 338 g/mol. The molecule has 2 N–H and O–H groups in total. The molecule has 2 heterocycles. The fourth-order valence-electron chi connectivity index (χ4n) is 3.03. The molecule has 0 radical (unpaired) electrons. The van der Waals surface area contributed by atoms with Crippen molar-refractivity contribution in [1.29, 1.82) is 0 Å². The first-order valence-electron chi connectivity index (χ1n) is 8.89. The van der Waals surface area contributed by atoms with Crippen LogP contribution in [-0.4, -0.2) is 49.5 Å². The number of carbonyl (C=O) groups is 1. The molecular formula is C18H25N3O3S. The minimum absolute atomic E-state index is 0.108. The van der Waals surface area contributed by atoms with Crippen LogP contribution in [0.25, 0.3) is 0 Å². The number of anilines is 1. The van der Waals surface area contributed by atoms with Crippen LogP contribution in [0.5, 0.6) is 5.75 Å². The van der Waals surface area contributed by atoms with E-state index in [2.05, 4.69) is 10.6 Å². The van der Waals surface area contributed by atoms with Gasteiger partial charge in [0.15, 0.2) is 11.2 Å². The molecule has 3 rings (SSSR count). The minimum atomic E-state index is -0.580. The van der Waals surface area contributed by atoms with Gasteiger partial charge in [0.1, 0.15) is 5.75 Å². The first-order valence-corrected chi connectivity index (χ1v) is 9.30. The molecule has 1 aromatic rings. The SMILES string of the molecule is CCCNC(=O)[C@@H]1CN(C(=S)NC[C@H]2CCCO2)c2ccccc2O1. The summed E-state index contributed by atoms with van der Waals surface area (Å²) in [5, 5.41) is 6.77. The number of ether oxygens (including phenoxy) is 2. The lowest BCUT2D eigenvalue weighted by Crippen LogP contribution is -2.53. The van der Waals surface area contributed by atoms with Gasteiger partial charge in [-0.3, -0.25) is 4.79 Å². The number of carbonyl (C=O) groups excluding carboxylic acids is 1. The number of thiocarbonyl (C=S) groups is 1. The Morgan fingerprint density at radius 3 is 2.96 bits per heavy atom. The Hall–Kier alpha value is -1.86. The first kappa shape index (κ1) is 17.9. The summed E-state index contributed by atoms with van der Waals surface area (Å²) in [6, 6.07) is 7.65. The van der Waals surface area contributed by atoms with Gasteiger partial charge in [-0.1, -0.05) is 19.1 Å². The summed E-state index contributed by atoms with van der Waals surface area (Å²) in [6.45, 7) is 4.56. The Labute approximate surface area is 153 Å². The number of nitrogens with zero attached hydrogens (tertiary/aromatic N) is 1. The fraction of sp³-hybridized carbons (Fsp3) is 0.556. The van der Waals surface area contributed by atoms with E-state index in [1.54, 1.807) is 0 Å². The van der Waals surface area contributed by atoms with Crippen molar-refractivity contribution in [3.05, 3.63) is 24.3 Å². The van der Waals surface area contributed by atoms with Crippen molar-refractivity contribution in [1.82, 2.24) is 10.6 Å². The molecule has 2 atom stereocenters. The van der Waals surface area contributed by atoms with Crippen molar-refractivity contribution in [2.45, 2.75) is 38.4 Å². The van der Waals surface area contributed by atoms with Crippen molar-refractivity contribution in [2.24, 2.45) is 0 Å². The zero-order valence-corrected chi connectivity index (χ0v) is 15.3. The van der Waals surface area contributed by atoms with E-state index in [9.17, 15) is 4.79 Å². The summed E-state index contributed by atoms with van der Waals surface area (Å²) in [4.78, 5) is 14.3. The molecule has 6 nitrogen and oxygen atoms in total. The second-order valence-corrected chi connectivity index (χ2v) is 6.68. The molecule has 2 aliphatic heterocycles. The highest BCUT2D eigenvalue weighted by molar-refractivity contribution is 7.80. The molecule has 0 bridgehead atoms. The van der Waals surface area contributed by atoms with E-state index in [0.29, 0.717) is 30.5 Å². The monoisotopic (exact) mass is 363 g/mol. The van der Waals surface area contributed by atoms with Crippen molar-refractivity contribution in [2.75, 3.05) is 31.1 Å². The van der Waals surface area contributed by atoms with Gasteiger partial charge in [-0.2, -0.15) is 0 Å². The van der Waals surface area contributed by atoms with E-state index in [1.807, 2.05) is 36.1 Å². The first-order chi connectivity index (χ1) is 12.2. The Morgan fingerprint density at radius 2 is 2.20 bits per heavy atom. The molecule has 0 aliphatic carbocycles. The van der Waals surface area contributed by atoms with Gasteiger partial charge in [-0.25, -0.2) is 0 Å². The zero-order valence-electron chi connectivity index (χ0n) is 14.5. The van der Waals surface area contributed by atoms with Crippen LogP contribution in [0.3, 0.4) is 0 Å². The second-order valence-electron chi connectivity index (χ2n) is 6.30. The lowest BCUT2D eigenvalue weighted by molar-refractivity contribution is -0.127. The topological polar surface area (TPSA) is 62.8 Å². The van der Waals surface area contributed by atoms with Crippen molar-refractivity contribution in [3.63, 3.8) is 0 Å². The summed E-state index contributed by atoms with van der Waals surface area (Å²) in [5.74, 6) is 0.565. The zero-order chi connectivity index (χ0) is 17.6. The number of nitrogens with one attached hydrogen (secondary N) is 2. The van der Waals surface area contributed by atoms with Gasteiger partial charge in [0, 0.05) is 19.7 Å². The van der Waals surface area contributed by atoms with Crippen LogP contribution in [0.4, 0.5) is 5.69 Å². The molecule has 1 amide bonds. The van der Waals surface area contributed by atoms with Gasteiger partial charge in [-0.05, 0) is 43.6 Å². The second kappa shape index (κ2) is 8.49. The van der Waals surface area contributed by atoms with Crippen LogP contribution >= 0.6 is 12.2 Å². The van der Waals surface area contributed by atoms with E-state index in [0.717, 1.165) is 31.6 Å². The van der Waals surface area contributed by atoms with Crippen LogP contribution in [0.2, 0.25) is 0 Å².